The number of ether oxygens (including phenoxy) is 1. The average molecular weight is 509 g/mol. The Kier molecular flexibility index (Phi) is 12.3. The minimum Gasteiger partial charge on any atom is -0.444 e. The molecule has 1 unspecified atom stereocenters. The predicted molar refractivity (Wildman–Crippen MR) is 135 cm³/mol. The second kappa shape index (κ2) is 14.9. The molecule has 1 aliphatic heterocycles. The zero-order valence-electron chi connectivity index (χ0n) is 21.5. The Morgan fingerprint density at radius 1 is 1.34 bits per heavy atom. The first kappa shape index (κ1) is 28.9. The van der Waals surface area contributed by atoms with Crippen molar-refractivity contribution in [2.75, 3.05) is 26.9 Å². The number of aromatic nitrogens is 1. The van der Waals surface area contributed by atoms with Gasteiger partial charge in [-0.05, 0) is 45.2 Å². The van der Waals surface area contributed by atoms with Gasteiger partial charge in [-0.2, -0.15) is 0 Å². The summed E-state index contributed by atoms with van der Waals surface area (Å²) >= 11 is 1.41. The van der Waals surface area contributed by atoms with Gasteiger partial charge in [-0.1, -0.05) is 33.6 Å². The molecule has 1 saturated heterocycles. The van der Waals surface area contributed by atoms with Crippen molar-refractivity contribution in [3.8, 4) is 0 Å². The number of likely N-dealkylation sites (tertiary alicyclic amines) is 1. The molecule has 2 rings (SSSR count). The number of amides is 2. The molecule has 0 saturated carbocycles. The highest BCUT2D eigenvalue weighted by atomic mass is 32.1. The van der Waals surface area contributed by atoms with E-state index in [1.165, 1.54) is 16.2 Å². The SMILES string of the molecule is CCCC(=O)OCN(CCCc1nc(C=O)cs1)C(=O)[C@@H](NC(=O)[C@H]1CCCCN1C)C(C)CC. The van der Waals surface area contributed by atoms with Gasteiger partial charge in [-0.15, -0.1) is 11.3 Å². The maximum Gasteiger partial charge on any atom is 0.307 e. The zero-order valence-corrected chi connectivity index (χ0v) is 22.3. The Hall–Kier alpha value is -2.33. The molecule has 0 radical (unpaired) electrons. The van der Waals surface area contributed by atoms with Crippen LogP contribution in [0.4, 0.5) is 0 Å². The second-order valence-electron chi connectivity index (χ2n) is 9.25. The largest absolute Gasteiger partial charge is 0.444 e. The molecule has 3 atom stereocenters. The number of aryl methyl sites for hydroxylation is 1. The van der Waals surface area contributed by atoms with E-state index in [0.717, 1.165) is 30.8 Å². The van der Waals surface area contributed by atoms with E-state index < -0.39 is 6.04 Å². The molecule has 0 spiro atoms. The molecule has 196 valence electrons. The van der Waals surface area contributed by atoms with Crippen LogP contribution in [0.2, 0.25) is 0 Å². The Balaban J connectivity index is 2.11. The smallest absolute Gasteiger partial charge is 0.307 e. The molecule has 1 fully saturated rings. The summed E-state index contributed by atoms with van der Waals surface area (Å²) in [6.45, 7) is 6.89. The molecule has 1 aliphatic rings. The number of carbonyl (C=O) groups excluding carboxylic acids is 4. The van der Waals surface area contributed by atoms with Crippen LogP contribution in [0.5, 0.6) is 0 Å². The van der Waals surface area contributed by atoms with Gasteiger partial charge in [-0.25, -0.2) is 4.98 Å². The standard InChI is InChI=1S/C25H40N4O5S/c1-5-10-22(31)34-17-29(14-9-12-21-26-19(15-30)16-35-21)25(33)23(18(3)6-2)27-24(32)20-11-7-8-13-28(20)4/h15-16,18,20,23H,5-14,17H2,1-4H3,(H,27,32)/t18?,20-,23+/m1/s1. The van der Waals surface area contributed by atoms with Gasteiger partial charge in [0.25, 0.3) is 0 Å². The molecule has 1 aromatic heterocycles. The van der Waals surface area contributed by atoms with Crippen LogP contribution in [-0.2, 0) is 25.5 Å². The Morgan fingerprint density at radius 3 is 2.74 bits per heavy atom. The molecular formula is C25H40N4O5S. The van der Waals surface area contributed by atoms with E-state index in [2.05, 4.69) is 10.3 Å². The number of nitrogens with one attached hydrogen (secondary N) is 1. The lowest BCUT2D eigenvalue weighted by atomic mass is 9.96. The van der Waals surface area contributed by atoms with Gasteiger partial charge >= 0.3 is 5.97 Å². The van der Waals surface area contributed by atoms with Gasteiger partial charge in [-0.3, -0.25) is 24.1 Å². The minimum absolute atomic E-state index is 0.0803. The number of aldehydes is 1. The number of thiazole rings is 1. The summed E-state index contributed by atoms with van der Waals surface area (Å²) in [5.41, 5.74) is 0.402. The Labute approximate surface area is 212 Å². The van der Waals surface area contributed by atoms with Crippen LogP contribution in [-0.4, -0.2) is 77.8 Å². The molecule has 0 aliphatic carbocycles. The highest BCUT2D eigenvalue weighted by molar-refractivity contribution is 7.09. The molecule has 0 bridgehead atoms. The number of nitrogens with zero attached hydrogens (tertiary/aromatic N) is 3. The molecule has 10 heteroatoms. The number of likely N-dealkylation sites (N-methyl/N-ethyl adjacent to an activating group) is 1. The van der Waals surface area contributed by atoms with Crippen LogP contribution < -0.4 is 5.32 Å². The van der Waals surface area contributed by atoms with E-state index in [9.17, 15) is 19.2 Å². The van der Waals surface area contributed by atoms with Gasteiger partial charge in [0.2, 0.25) is 11.8 Å². The molecule has 1 N–H and O–H groups in total. The zero-order chi connectivity index (χ0) is 25.8. The van der Waals surface area contributed by atoms with E-state index in [1.807, 2.05) is 32.7 Å². The summed E-state index contributed by atoms with van der Waals surface area (Å²) in [6.07, 6.45) is 6.41. The number of carbonyl (C=O) groups is 4. The highest BCUT2D eigenvalue weighted by Gasteiger charge is 2.34. The summed E-state index contributed by atoms with van der Waals surface area (Å²) in [7, 11) is 1.94. The van der Waals surface area contributed by atoms with E-state index in [4.69, 9.17) is 4.74 Å². The number of esters is 1. The van der Waals surface area contributed by atoms with Crippen molar-refractivity contribution < 1.29 is 23.9 Å². The highest BCUT2D eigenvalue weighted by Crippen LogP contribution is 2.18. The predicted octanol–water partition coefficient (Wildman–Crippen LogP) is 3.03. The third kappa shape index (κ3) is 9.00. The minimum atomic E-state index is -0.700. The lowest BCUT2D eigenvalue weighted by molar-refractivity contribution is -0.155. The summed E-state index contributed by atoms with van der Waals surface area (Å²) < 4.78 is 5.38. The van der Waals surface area contributed by atoms with E-state index in [1.54, 1.807) is 5.38 Å². The number of hydrogen-bond donors (Lipinski definition) is 1. The van der Waals surface area contributed by atoms with Gasteiger partial charge in [0.05, 0.1) is 11.0 Å². The van der Waals surface area contributed by atoms with Crippen molar-refractivity contribution in [2.24, 2.45) is 5.92 Å². The normalized spacial score (nSPS) is 17.9. The summed E-state index contributed by atoms with van der Waals surface area (Å²) in [6, 6.07) is -0.940. The summed E-state index contributed by atoms with van der Waals surface area (Å²) in [5.74, 6) is -0.807. The fraction of sp³-hybridized carbons (Fsp3) is 0.720. The quantitative estimate of drug-likeness (QED) is 0.234. The van der Waals surface area contributed by atoms with E-state index >= 15 is 0 Å². The van der Waals surface area contributed by atoms with Crippen molar-refractivity contribution in [2.45, 2.75) is 84.2 Å². The second-order valence-corrected chi connectivity index (χ2v) is 10.2. The topological polar surface area (TPSA) is 109 Å². The molecule has 35 heavy (non-hydrogen) atoms. The van der Waals surface area contributed by atoms with Crippen molar-refractivity contribution in [1.82, 2.24) is 20.1 Å². The van der Waals surface area contributed by atoms with E-state index in [-0.39, 0.29) is 42.9 Å². The maximum absolute atomic E-state index is 13.7. The van der Waals surface area contributed by atoms with Crippen LogP contribution >= 0.6 is 11.3 Å². The van der Waals surface area contributed by atoms with E-state index in [0.29, 0.717) is 44.2 Å². The fourth-order valence-corrected chi connectivity index (χ4v) is 4.90. The first-order valence-corrected chi connectivity index (χ1v) is 13.5. The van der Waals surface area contributed by atoms with Crippen LogP contribution in [0.3, 0.4) is 0 Å². The first-order chi connectivity index (χ1) is 16.8. The Bertz CT molecular complexity index is 846. The Morgan fingerprint density at radius 2 is 2.11 bits per heavy atom. The van der Waals surface area contributed by atoms with Crippen LogP contribution in [0.15, 0.2) is 5.38 Å². The fourth-order valence-electron chi connectivity index (χ4n) is 4.12. The molecule has 9 nitrogen and oxygen atoms in total. The van der Waals surface area contributed by atoms with Gasteiger partial charge < -0.3 is 15.0 Å². The van der Waals surface area contributed by atoms with Crippen molar-refractivity contribution in [1.29, 1.82) is 0 Å². The van der Waals surface area contributed by atoms with Gasteiger partial charge in [0, 0.05) is 24.8 Å². The average Bonchev–Trinajstić information content (AvgIpc) is 3.32. The molecule has 2 heterocycles. The van der Waals surface area contributed by atoms with Gasteiger partial charge in [0.15, 0.2) is 13.0 Å². The maximum atomic E-state index is 13.7. The monoisotopic (exact) mass is 508 g/mol. The van der Waals surface area contributed by atoms with Gasteiger partial charge in [0.1, 0.15) is 11.7 Å². The summed E-state index contributed by atoms with van der Waals surface area (Å²) in [4.78, 5) is 57.5. The molecule has 2 amide bonds. The third-order valence-electron chi connectivity index (χ3n) is 6.51. The van der Waals surface area contributed by atoms with Crippen LogP contribution in [0, 0.1) is 5.92 Å². The number of rotatable bonds is 14. The van der Waals surface area contributed by atoms with Crippen molar-refractivity contribution in [3.05, 3.63) is 16.1 Å². The third-order valence-corrected chi connectivity index (χ3v) is 7.43. The number of piperidine rings is 1. The lowest BCUT2D eigenvalue weighted by Crippen LogP contribution is -2.57. The van der Waals surface area contributed by atoms with Crippen LogP contribution in [0.25, 0.3) is 0 Å². The first-order valence-electron chi connectivity index (χ1n) is 12.6. The molecule has 0 aromatic carbocycles. The van der Waals surface area contributed by atoms with Crippen molar-refractivity contribution >= 4 is 35.4 Å². The number of hydrogen-bond acceptors (Lipinski definition) is 8. The van der Waals surface area contributed by atoms with Crippen LogP contribution in [0.1, 0.15) is 81.2 Å². The molecule has 1 aromatic rings. The molecular weight excluding hydrogens is 468 g/mol. The van der Waals surface area contributed by atoms with Crippen molar-refractivity contribution in [3.63, 3.8) is 0 Å². The lowest BCUT2D eigenvalue weighted by Gasteiger charge is -2.35. The summed E-state index contributed by atoms with van der Waals surface area (Å²) in [5, 5.41) is 5.54.